The number of ether oxygens (including phenoxy) is 1. The fraction of sp³-hybridized carbons (Fsp3) is 0.909. The summed E-state index contributed by atoms with van der Waals surface area (Å²) in [5.74, 6) is 0.329. The molecule has 0 aromatic heterocycles. The van der Waals surface area contributed by atoms with Crippen LogP contribution in [0.5, 0.6) is 0 Å². The van der Waals surface area contributed by atoms with Crippen LogP contribution in [0.15, 0.2) is 0 Å². The van der Waals surface area contributed by atoms with Gasteiger partial charge in [0.25, 0.3) is 0 Å². The molecule has 2 heterocycles. The lowest BCUT2D eigenvalue weighted by Crippen LogP contribution is -2.44. The number of carbonyl (C=O) groups is 1. The summed E-state index contributed by atoms with van der Waals surface area (Å²) in [6.07, 6.45) is 3.24. The zero-order valence-electron chi connectivity index (χ0n) is 9.01. The van der Waals surface area contributed by atoms with Crippen LogP contribution >= 0.6 is 0 Å². The minimum atomic E-state index is 0.0874. The molecule has 1 amide bonds. The summed E-state index contributed by atoms with van der Waals surface area (Å²) in [5, 5.41) is 3.09. The van der Waals surface area contributed by atoms with Crippen molar-refractivity contribution in [2.75, 3.05) is 13.2 Å². The molecular weight excluding hydrogens is 178 g/mol. The van der Waals surface area contributed by atoms with Crippen LogP contribution in [0.25, 0.3) is 0 Å². The van der Waals surface area contributed by atoms with Gasteiger partial charge in [-0.1, -0.05) is 13.8 Å². The highest BCUT2D eigenvalue weighted by atomic mass is 16.5. The molecule has 2 aliphatic heterocycles. The lowest BCUT2D eigenvalue weighted by Gasteiger charge is -2.39. The third-order valence-corrected chi connectivity index (χ3v) is 3.98. The van der Waals surface area contributed by atoms with Gasteiger partial charge in [-0.3, -0.25) is 4.79 Å². The van der Waals surface area contributed by atoms with Gasteiger partial charge in [-0.25, -0.2) is 0 Å². The third kappa shape index (κ3) is 1.26. The summed E-state index contributed by atoms with van der Waals surface area (Å²) in [6.45, 7) is 5.80. The molecule has 14 heavy (non-hydrogen) atoms. The fourth-order valence-electron chi connectivity index (χ4n) is 2.97. The predicted molar refractivity (Wildman–Crippen MR) is 53.9 cm³/mol. The molecule has 0 radical (unpaired) electrons. The normalized spacial score (nSPS) is 42.9. The maximum Gasteiger partial charge on any atom is 0.223 e. The molecule has 0 aromatic carbocycles. The van der Waals surface area contributed by atoms with E-state index in [-0.39, 0.29) is 17.2 Å². The number of carbonyl (C=O) groups excluding carboxylic acids is 1. The molecule has 80 valence electrons. The van der Waals surface area contributed by atoms with Crippen molar-refractivity contribution in [1.82, 2.24) is 5.32 Å². The molecule has 0 aliphatic carbocycles. The number of hydrogen-bond donors (Lipinski definition) is 1. The average Bonchev–Trinajstić information content (AvgIpc) is 2.45. The molecule has 3 unspecified atom stereocenters. The number of rotatable bonds is 1. The standard InChI is InChI=1S/C11H19NO2/c1-3-9-11(5-4-6-14-7-11)8(2)10(13)12-9/h8-9H,3-7H2,1-2H3,(H,12,13). The van der Waals surface area contributed by atoms with E-state index in [0.29, 0.717) is 6.04 Å². The van der Waals surface area contributed by atoms with E-state index in [4.69, 9.17) is 4.74 Å². The van der Waals surface area contributed by atoms with Gasteiger partial charge in [0.15, 0.2) is 0 Å². The van der Waals surface area contributed by atoms with Crippen molar-refractivity contribution in [3.8, 4) is 0 Å². The SMILES string of the molecule is CCC1NC(=O)C(C)C12CCCOC2. The van der Waals surface area contributed by atoms with E-state index in [2.05, 4.69) is 12.2 Å². The second-order valence-corrected chi connectivity index (χ2v) is 4.58. The van der Waals surface area contributed by atoms with E-state index in [1.54, 1.807) is 0 Å². The molecule has 1 spiro atoms. The highest BCUT2D eigenvalue weighted by molar-refractivity contribution is 5.82. The summed E-state index contributed by atoms with van der Waals surface area (Å²) in [5.41, 5.74) is 0.0874. The Morgan fingerprint density at radius 2 is 2.43 bits per heavy atom. The Morgan fingerprint density at radius 3 is 3.00 bits per heavy atom. The van der Waals surface area contributed by atoms with E-state index < -0.39 is 0 Å². The Kier molecular flexibility index (Phi) is 2.52. The lowest BCUT2D eigenvalue weighted by atomic mass is 9.69. The predicted octanol–water partition coefficient (Wildman–Crippen LogP) is 1.33. The topological polar surface area (TPSA) is 38.3 Å². The molecule has 0 saturated carbocycles. The van der Waals surface area contributed by atoms with Gasteiger partial charge in [0.1, 0.15) is 0 Å². The van der Waals surface area contributed by atoms with Crippen molar-refractivity contribution >= 4 is 5.91 Å². The number of nitrogens with one attached hydrogen (secondary N) is 1. The van der Waals surface area contributed by atoms with Gasteiger partial charge in [-0.05, 0) is 19.3 Å². The summed E-state index contributed by atoms with van der Waals surface area (Å²) < 4.78 is 5.57. The summed E-state index contributed by atoms with van der Waals surface area (Å²) in [6, 6.07) is 0.324. The first-order valence-corrected chi connectivity index (χ1v) is 5.59. The van der Waals surface area contributed by atoms with Crippen molar-refractivity contribution in [3.63, 3.8) is 0 Å². The molecule has 3 nitrogen and oxygen atoms in total. The van der Waals surface area contributed by atoms with Crippen LogP contribution in [0.2, 0.25) is 0 Å². The van der Waals surface area contributed by atoms with Gasteiger partial charge < -0.3 is 10.1 Å². The first-order chi connectivity index (χ1) is 6.70. The Hall–Kier alpha value is -0.570. The Labute approximate surface area is 85.2 Å². The molecule has 2 rings (SSSR count). The second kappa shape index (κ2) is 3.54. The van der Waals surface area contributed by atoms with Crippen LogP contribution in [-0.2, 0) is 9.53 Å². The average molecular weight is 197 g/mol. The minimum Gasteiger partial charge on any atom is -0.381 e. The molecule has 3 atom stereocenters. The quantitative estimate of drug-likeness (QED) is 0.688. The Bertz CT molecular complexity index is 233. The molecule has 2 aliphatic rings. The van der Waals surface area contributed by atoms with Crippen LogP contribution in [0.1, 0.15) is 33.1 Å². The monoisotopic (exact) mass is 197 g/mol. The summed E-state index contributed by atoms with van der Waals surface area (Å²) in [4.78, 5) is 11.7. The van der Waals surface area contributed by atoms with Crippen molar-refractivity contribution < 1.29 is 9.53 Å². The van der Waals surface area contributed by atoms with Gasteiger partial charge in [-0.15, -0.1) is 0 Å². The van der Waals surface area contributed by atoms with Gasteiger partial charge in [0.2, 0.25) is 5.91 Å². The van der Waals surface area contributed by atoms with Crippen LogP contribution < -0.4 is 5.32 Å². The minimum absolute atomic E-state index is 0.0874. The summed E-state index contributed by atoms with van der Waals surface area (Å²) >= 11 is 0. The van der Waals surface area contributed by atoms with E-state index in [1.807, 2.05) is 6.92 Å². The highest BCUT2D eigenvalue weighted by Crippen LogP contribution is 2.44. The number of hydrogen-bond acceptors (Lipinski definition) is 2. The van der Waals surface area contributed by atoms with E-state index in [9.17, 15) is 4.79 Å². The highest BCUT2D eigenvalue weighted by Gasteiger charge is 2.52. The molecule has 0 aromatic rings. The van der Waals surface area contributed by atoms with E-state index in [0.717, 1.165) is 32.5 Å². The van der Waals surface area contributed by atoms with Crippen LogP contribution in [0.3, 0.4) is 0 Å². The van der Waals surface area contributed by atoms with Crippen molar-refractivity contribution in [3.05, 3.63) is 0 Å². The van der Waals surface area contributed by atoms with Gasteiger partial charge in [0, 0.05) is 24.0 Å². The van der Waals surface area contributed by atoms with Crippen LogP contribution in [-0.4, -0.2) is 25.2 Å². The van der Waals surface area contributed by atoms with E-state index in [1.165, 1.54) is 0 Å². The fourth-order valence-corrected chi connectivity index (χ4v) is 2.97. The molecule has 2 saturated heterocycles. The molecule has 1 N–H and O–H groups in total. The van der Waals surface area contributed by atoms with Crippen molar-refractivity contribution in [1.29, 1.82) is 0 Å². The largest absolute Gasteiger partial charge is 0.381 e. The van der Waals surface area contributed by atoms with Crippen molar-refractivity contribution in [2.45, 2.75) is 39.2 Å². The smallest absolute Gasteiger partial charge is 0.223 e. The van der Waals surface area contributed by atoms with Gasteiger partial charge in [0.05, 0.1) is 6.61 Å². The van der Waals surface area contributed by atoms with Crippen LogP contribution in [0.4, 0.5) is 0 Å². The third-order valence-electron chi connectivity index (χ3n) is 3.98. The first-order valence-electron chi connectivity index (χ1n) is 5.59. The van der Waals surface area contributed by atoms with E-state index >= 15 is 0 Å². The van der Waals surface area contributed by atoms with Crippen LogP contribution in [0, 0.1) is 11.3 Å². The zero-order chi connectivity index (χ0) is 10.2. The second-order valence-electron chi connectivity index (χ2n) is 4.58. The molecule has 0 bridgehead atoms. The lowest BCUT2D eigenvalue weighted by molar-refractivity contribution is -0.125. The van der Waals surface area contributed by atoms with Gasteiger partial charge >= 0.3 is 0 Å². The van der Waals surface area contributed by atoms with Gasteiger partial charge in [-0.2, -0.15) is 0 Å². The van der Waals surface area contributed by atoms with Crippen molar-refractivity contribution in [2.24, 2.45) is 11.3 Å². The Balaban J connectivity index is 2.23. The molecule has 3 heteroatoms. The zero-order valence-corrected chi connectivity index (χ0v) is 9.01. The first kappa shape index (κ1) is 9.97. The molecular formula is C11H19NO2. The maximum atomic E-state index is 11.7. The number of amides is 1. The Morgan fingerprint density at radius 1 is 1.64 bits per heavy atom. The molecule has 2 fully saturated rings. The summed E-state index contributed by atoms with van der Waals surface area (Å²) in [7, 11) is 0. The maximum absolute atomic E-state index is 11.7.